The van der Waals surface area contributed by atoms with Gasteiger partial charge in [0.05, 0.1) is 4.34 Å². The van der Waals surface area contributed by atoms with Gasteiger partial charge in [-0.1, -0.05) is 16.8 Å². The van der Waals surface area contributed by atoms with Crippen LogP contribution in [0.5, 0.6) is 0 Å². The Labute approximate surface area is 72.4 Å². The monoisotopic (exact) mass is 185 g/mol. The highest BCUT2D eigenvalue weighted by Gasteiger charge is 2.02. The second-order valence-electron chi connectivity index (χ2n) is 2.02. The van der Waals surface area contributed by atoms with Gasteiger partial charge in [0.15, 0.2) is 0 Å². The molecule has 2 rings (SSSR count). The smallest absolute Gasteiger partial charge is 0.124 e. The molecule has 0 bridgehead atoms. The first kappa shape index (κ1) is 6.88. The standard InChI is InChI=1S/C7H4ClNOS/c8-7-3-5(4-11-7)6-1-2-10-9-6/h1-4H. The van der Waals surface area contributed by atoms with Crippen LogP contribution in [0.2, 0.25) is 4.34 Å². The van der Waals surface area contributed by atoms with E-state index >= 15 is 0 Å². The summed E-state index contributed by atoms with van der Waals surface area (Å²) in [4.78, 5) is 0. The normalized spacial score (nSPS) is 10.3. The van der Waals surface area contributed by atoms with Gasteiger partial charge in [-0.25, -0.2) is 0 Å². The fourth-order valence-electron chi connectivity index (χ4n) is 0.806. The van der Waals surface area contributed by atoms with Gasteiger partial charge in [-0.15, -0.1) is 11.3 Å². The molecule has 2 aromatic heterocycles. The lowest BCUT2D eigenvalue weighted by Crippen LogP contribution is -1.68. The first-order valence-corrected chi connectivity index (χ1v) is 4.27. The predicted molar refractivity (Wildman–Crippen MR) is 44.8 cm³/mol. The molecule has 0 atom stereocenters. The lowest BCUT2D eigenvalue weighted by molar-refractivity contribution is 0.422. The average Bonchev–Trinajstić information content (AvgIpc) is 2.55. The second kappa shape index (κ2) is 2.68. The van der Waals surface area contributed by atoms with Gasteiger partial charge in [0, 0.05) is 17.0 Å². The van der Waals surface area contributed by atoms with Gasteiger partial charge in [0.2, 0.25) is 0 Å². The van der Waals surface area contributed by atoms with Gasteiger partial charge in [-0.05, 0) is 6.07 Å². The molecule has 0 aliphatic heterocycles. The highest BCUT2D eigenvalue weighted by molar-refractivity contribution is 7.14. The van der Waals surface area contributed by atoms with Crippen molar-refractivity contribution < 1.29 is 4.52 Å². The van der Waals surface area contributed by atoms with E-state index in [0.717, 1.165) is 15.6 Å². The van der Waals surface area contributed by atoms with Gasteiger partial charge in [0.1, 0.15) is 12.0 Å². The number of halogens is 1. The quantitative estimate of drug-likeness (QED) is 0.683. The van der Waals surface area contributed by atoms with Gasteiger partial charge in [-0.3, -0.25) is 0 Å². The molecule has 0 unspecified atom stereocenters. The highest BCUT2D eigenvalue weighted by Crippen LogP contribution is 2.27. The summed E-state index contributed by atoms with van der Waals surface area (Å²) >= 11 is 7.22. The summed E-state index contributed by atoms with van der Waals surface area (Å²) in [5, 5.41) is 5.72. The molecule has 0 fully saturated rings. The van der Waals surface area contributed by atoms with Crippen molar-refractivity contribution in [2.45, 2.75) is 0 Å². The van der Waals surface area contributed by atoms with E-state index in [-0.39, 0.29) is 0 Å². The average molecular weight is 186 g/mol. The maximum atomic E-state index is 5.74. The van der Waals surface area contributed by atoms with Gasteiger partial charge in [-0.2, -0.15) is 0 Å². The van der Waals surface area contributed by atoms with Crippen molar-refractivity contribution in [2.24, 2.45) is 0 Å². The lowest BCUT2D eigenvalue weighted by atomic mass is 10.2. The molecule has 56 valence electrons. The Hall–Kier alpha value is -0.800. The van der Waals surface area contributed by atoms with E-state index < -0.39 is 0 Å². The Morgan fingerprint density at radius 3 is 3.00 bits per heavy atom. The fraction of sp³-hybridized carbons (Fsp3) is 0. The molecule has 0 saturated carbocycles. The van der Waals surface area contributed by atoms with Crippen molar-refractivity contribution in [3.63, 3.8) is 0 Å². The van der Waals surface area contributed by atoms with Crippen LogP contribution >= 0.6 is 22.9 Å². The molecule has 0 spiro atoms. The molecule has 0 aliphatic carbocycles. The van der Waals surface area contributed by atoms with E-state index in [2.05, 4.69) is 9.68 Å². The van der Waals surface area contributed by atoms with Crippen LogP contribution in [0.15, 0.2) is 28.3 Å². The summed E-state index contributed by atoms with van der Waals surface area (Å²) in [6, 6.07) is 3.67. The van der Waals surface area contributed by atoms with Crippen molar-refractivity contribution in [1.29, 1.82) is 0 Å². The SMILES string of the molecule is Clc1cc(-c2ccon2)cs1. The second-order valence-corrected chi connectivity index (χ2v) is 3.57. The Morgan fingerprint density at radius 1 is 1.55 bits per heavy atom. The van der Waals surface area contributed by atoms with Gasteiger partial charge in [0.25, 0.3) is 0 Å². The maximum Gasteiger partial charge on any atom is 0.124 e. The first-order chi connectivity index (χ1) is 5.36. The van der Waals surface area contributed by atoms with Crippen LogP contribution in [0.25, 0.3) is 11.3 Å². The zero-order chi connectivity index (χ0) is 7.68. The summed E-state index contributed by atoms with van der Waals surface area (Å²) in [5.74, 6) is 0. The van der Waals surface area contributed by atoms with Crippen LogP contribution in [0.1, 0.15) is 0 Å². The molecule has 0 aromatic carbocycles. The third-order valence-electron chi connectivity index (χ3n) is 1.30. The Kier molecular flexibility index (Phi) is 1.68. The van der Waals surface area contributed by atoms with E-state index in [0.29, 0.717) is 0 Å². The summed E-state index contributed by atoms with van der Waals surface area (Å²) in [6.45, 7) is 0. The number of nitrogens with zero attached hydrogens (tertiary/aromatic N) is 1. The van der Waals surface area contributed by atoms with E-state index in [9.17, 15) is 0 Å². The topological polar surface area (TPSA) is 26.0 Å². The molecule has 2 nitrogen and oxygen atoms in total. The Bertz CT molecular complexity index is 341. The fourth-order valence-corrected chi connectivity index (χ4v) is 1.68. The first-order valence-electron chi connectivity index (χ1n) is 3.01. The minimum atomic E-state index is 0.767. The Balaban J connectivity index is 2.45. The largest absolute Gasteiger partial charge is 0.364 e. The summed E-state index contributed by atoms with van der Waals surface area (Å²) < 4.78 is 5.46. The van der Waals surface area contributed by atoms with Crippen LogP contribution in [-0.4, -0.2) is 5.16 Å². The van der Waals surface area contributed by atoms with Crippen molar-refractivity contribution in [1.82, 2.24) is 5.16 Å². The molecule has 2 aromatic rings. The number of hydrogen-bond donors (Lipinski definition) is 0. The van der Waals surface area contributed by atoms with Crippen molar-refractivity contribution in [2.75, 3.05) is 0 Å². The number of hydrogen-bond acceptors (Lipinski definition) is 3. The lowest BCUT2D eigenvalue weighted by Gasteiger charge is -1.82. The van der Waals surface area contributed by atoms with E-state index in [1.807, 2.05) is 11.4 Å². The number of rotatable bonds is 1. The van der Waals surface area contributed by atoms with Crippen LogP contribution < -0.4 is 0 Å². The van der Waals surface area contributed by atoms with Crippen LogP contribution in [-0.2, 0) is 0 Å². The van der Waals surface area contributed by atoms with Crippen molar-refractivity contribution in [3.05, 3.63) is 28.1 Å². The molecular formula is C7H4ClNOS. The highest BCUT2D eigenvalue weighted by atomic mass is 35.5. The van der Waals surface area contributed by atoms with Crippen LogP contribution in [0.4, 0.5) is 0 Å². The molecule has 11 heavy (non-hydrogen) atoms. The summed E-state index contributed by atoms with van der Waals surface area (Å²) in [5.41, 5.74) is 1.84. The molecular weight excluding hydrogens is 182 g/mol. The molecule has 0 radical (unpaired) electrons. The van der Waals surface area contributed by atoms with Crippen LogP contribution in [0, 0.1) is 0 Å². The maximum absolute atomic E-state index is 5.74. The predicted octanol–water partition coefficient (Wildman–Crippen LogP) is 3.06. The van der Waals surface area contributed by atoms with Gasteiger partial charge < -0.3 is 4.52 Å². The van der Waals surface area contributed by atoms with E-state index in [1.165, 1.54) is 11.3 Å². The van der Waals surface area contributed by atoms with Crippen molar-refractivity contribution in [3.8, 4) is 11.3 Å². The molecule has 2 heterocycles. The summed E-state index contributed by atoms with van der Waals surface area (Å²) in [6.07, 6.45) is 1.54. The minimum absolute atomic E-state index is 0.767. The molecule has 0 amide bonds. The number of thiophene rings is 1. The Morgan fingerprint density at radius 2 is 2.45 bits per heavy atom. The summed E-state index contributed by atoms with van der Waals surface area (Å²) in [7, 11) is 0. The molecule has 0 N–H and O–H groups in total. The van der Waals surface area contributed by atoms with Gasteiger partial charge >= 0.3 is 0 Å². The molecule has 0 saturated heterocycles. The molecule has 0 aliphatic rings. The zero-order valence-electron chi connectivity index (χ0n) is 5.45. The van der Waals surface area contributed by atoms with E-state index in [4.69, 9.17) is 11.6 Å². The molecule has 4 heteroatoms. The minimum Gasteiger partial charge on any atom is -0.364 e. The van der Waals surface area contributed by atoms with E-state index in [1.54, 1.807) is 12.3 Å². The van der Waals surface area contributed by atoms with Crippen LogP contribution in [0.3, 0.4) is 0 Å². The van der Waals surface area contributed by atoms with Crippen molar-refractivity contribution >= 4 is 22.9 Å². The zero-order valence-corrected chi connectivity index (χ0v) is 7.02. The third kappa shape index (κ3) is 1.29. The third-order valence-corrected chi connectivity index (χ3v) is 2.39. The number of aromatic nitrogens is 1.